The summed E-state index contributed by atoms with van der Waals surface area (Å²) in [7, 11) is -3.82. The number of amides is 1. The third-order valence-electron chi connectivity index (χ3n) is 2.46. The monoisotopic (exact) mass is 335 g/mol. The molecule has 0 saturated carbocycles. The van der Waals surface area contributed by atoms with E-state index in [-0.39, 0.29) is 28.3 Å². The first kappa shape index (κ1) is 17.7. The Morgan fingerprint density at radius 2 is 2.14 bits per heavy atom. The molecule has 1 rings (SSSR count). The molecule has 7 nitrogen and oxygen atoms in total. The predicted octanol–water partition coefficient (Wildman–Crippen LogP) is 0.220. The molecule has 1 atom stereocenters. The predicted molar refractivity (Wildman–Crippen MR) is 79.6 cm³/mol. The zero-order chi connectivity index (χ0) is 16.0. The molecular weight excluding hydrogens is 318 g/mol. The van der Waals surface area contributed by atoms with Gasteiger partial charge in [-0.1, -0.05) is 11.6 Å². The van der Waals surface area contributed by atoms with Crippen molar-refractivity contribution < 1.29 is 17.9 Å². The first-order valence-corrected chi connectivity index (χ1v) is 8.04. The molecule has 1 unspecified atom stereocenters. The second-order valence-corrected chi connectivity index (χ2v) is 6.68. The standard InChI is InChI=1S/C12H18ClN3O4S/c1-8(14)4-5-16-21(18,19)11-6-9(13)2-3-10(11)20-7-12(15)17/h2-3,6,8,16H,4-5,7,14H2,1H3,(H2,15,17). The van der Waals surface area contributed by atoms with Crippen molar-refractivity contribution >= 4 is 27.5 Å². The molecule has 1 aromatic rings. The molecule has 1 aromatic carbocycles. The van der Waals surface area contributed by atoms with E-state index >= 15 is 0 Å². The molecule has 0 bridgehead atoms. The maximum atomic E-state index is 12.2. The first-order valence-electron chi connectivity index (χ1n) is 6.18. The second kappa shape index (κ2) is 7.60. The van der Waals surface area contributed by atoms with E-state index in [0.29, 0.717) is 6.42 Å². The van der Waals surface area contributed by atoms with Crippen molar-refractivity contribution in [1.82, 2.24) is 4.72 Å². The van der Waals surface area contributed by atoms with Crippen LogP contribution in [0.2, 0.25) is 5.02 Å². The minimum atomic E-state index is -3.82. The molecule has 0 aromatic heterocycles. The summed E-state index contributed by atoms with van der Waals surface area (Å²) in [6, 6.07) is 3.94. The Labute approximate surface area is 128 Å². The van der Waals surface area contributed by atoms with Gasteiger partial charge in [0.25, 0.3) is 5.91 Å². The fourth-order valence-electron chi connectivity index (χ4n) is 1.46. The summed E-state index contributed by atoms with van der Waals surface area (Å²) < 4.78 is 31.9. The number of halogens is 1. The lowest BCUT2D eigenvalue weighted by Crippen LogP contribution is -2.29. The van der Waals surface area contributed by atoms with Gasteiger partial charge >= 0.3 is 0 Å². The highest BCUT2D eigenvalue weighted by Crippen LogP contribution is 2.27. The molecule has 0 aliphatic carbocycles. The van der Waals surface area contributed by atoms with Gasteiger partial charge in [0.1, 0.15) is 10.6 Å². The van der Waals surface area contributed by atoms with Crippen LogP contribution in [0.4, 0.5) is 0 Å². The molecule has 0 radical (unpaired) electrons. The Morgan fingerprint density at radius 3 is 2.71 bits per heavy atom. The van der Waals surface area contributed by atoms with E-state index in [0.717, 1.165) is 0 Å². The van der Waals surface area contributed by atoms with Crippen LogP contribution < -0.4 is 20.9 Å². The highest BCUT2D eigenvalue weighted by Gasteiger charge is 2.20. The van der Waals surface area contributed by atoms with E-state index in [9.17, 15) is 13.2 Å². The molecule has 5 N–H and O–H groups in total. The summed E-state index contributed by atoms with van der Waals surface area (Å²) in [4.78, 5) is 10.6. The van der Waals surface area contributed by atoms with Crippen LogP contribution in [0.25, 0.3) is 0 Å². The number of benzene rings is 1. The van der Waals surface area contributed by atoms with Gasteiger partial charge in [0.2, 0.25) is 10.0 Å². The van der Waals surface area contributed by atoms with E-state index in [2.05, 4.69) is 4.72 Å². The number of hydrogen-bond donors (Lipinski definition) is 3. The van der Waals surface area contributed by atoms with Crippen LogP contribution in [0.5, 0.6) is 5.75 Å². The minimum Gasteiger partial charge on any atom is -0.482 e. The van der Waals surface area contributed by atoms with Crippen molar-refractivity contribution in [3.63, 3.8) is 0 Å². The number of hydrogen-bond acceptors (Lipinski definition) is 5. The average molecular weight is 336 g/mol. The summed E-state index contributed by atoms with van der Waals surface area (Å²) in [5.74, 6) is -0.704. The Balaban J connectivity index is 2.97. The SMILES string of the molecule is CC(N)CCNS(=O)(=O)c1cc(Cl)ccc1OCC(N)=O. The Bertz CT molecular complexity index is 605. The third-order valence-corrected chi connectivity index (χ3v) is 4.17. The third kappa shape index (κ3) is 5.88. The Morgan fingerprint density at radius 1 is 1.48 bits per heavy atom. The lowest BCUT2D eigenvalue weighted by atomic mass is 10.3. The van der Waals surface area contributed by atoms with E-state index in [1.165, 1.54) is 18.2 Å². The van der Waals surface area contributed by atoms with Crippen LogP contribution in [0.3, 0.4) is 0 Å². The number of ether oxygens (including phenoxy) is 1. The van der Waals surface area contributed by atoms with Crippen LogP contribution in [0.15, 0.2) is 23.1 Å². The second-order valence-electron chi connectivity index (χ2n) is 4.51. The zero-order valence-electron chi connectivity index (χ0n) is 11.5. The molecule has 0 heterocycles. The summed E-state index contributed by atoms with van der Waals surface area (Å²) in [5.41, 5.74) is 10.5. The molecule has 0 aliphatic heterocycles. The van der Waals surface area contributed by atoms with E-state index in [1.807, 2.05) is 0 Å². The normalized spacial score (nSPS) is 12.9. The van der Waals surface area contributed by atoms with E-state index in [4.69, 9.17) is 27.8 Å². The number of carbonyl (C=O) groups excluding carboxylic acids is 1. The fraction of sp³-hybridized carbons (Fsp3) is 0.417. The van der Waals surface area contributed by atoms with Crippen LogP contribution in [0, 0.1) is 0 Å². The van der Waals surface area contributed by atoms with E-state index < -0.39 is 22.5 Å². The van der Waals surface area contributed by atoms with Gasteiger partial charge in [-0.25, -0.2) is 13.1 Å². The van der Waals surface area contributed by atoms with Crippen molar-refractivity contribution in [2.24, 2.45) is 11.5 Å². The summed E-state index contributed by atoms with van der Waals surface area (Å²) in [6.07, 6.45) is 0.483. The van der Waals surface area contributed by atoms with Crippen LogP contribution in [-0.4, -0.2) is 33.5 Å². The van der Waals surface area contributed by atoms with Gasteiger partial charge in [-0.05, 0) is 31.5 Å². The maximum absolute atomic E-state index is 12.2. The molecule has 21 heavy (non-hydrogen) atoms. The molecular formula is C12H18ClN3O4S. The summed E-state index contributed by atoms with van der Waals surface area (Å²) in [6.45, 7) is 1.53. The zero-order valence-corrected chi connectivity index (χ0v) is 13.1. The van der Waals surface area contributed by atoms with Crippen molar-refractivity contribution in [2.75, 3.05) is 13.2 Å². The van der Waals surface area contributed by atoms with Gasteiger partial charge in [-0.15, -0.1) is 0 Å². The molecule has 118 valence electrons. The van der Waals surface area contributed by atoms with Crippen LogP contribution in [-0.2, 0) is 14.8 Å². The summed E-state index contributed by atoms with van der Waals surface area (Å²) in [5, 5.41) is 0.231. The van der Waals surface area contributed by atoms with Crippen LogP contribution in [0.1, 0.15) is 13.3 Å². The lowest BCUT2D eigenvalue weighted by Gasteiger charge is -2.13. The Kier molecular flexibility index (Phi) is 6.41. The molecule has 9 heteroatoms. The highest BCUT2D eigenvalue weighted by atomic mass is 35.5. The quantitative estimate of drug-likeness (QED) is 0.626. The first-order chi connectivity index (χ1) is 9.72. The fourth-order valence-corrected chi connectivity index (χ4v) is 2.91. The van der Waals surface area contributed by atoms with Crippen molar-refractivity contribution in [3.05, 3.63) is 23.2 Å². The van der Waals surface area contributed by atoms with Crippen molar-refractivity contribution in [3.8, 4) is 5.75 Å². The van der Waals surface area contributed by atoms with Crippen molar-refractivity contribution in [2.45, 2.75) is 24.3 Å². The van der Waals surface area contributed by atoms with Crippen molar-refractivity contribution in [1.29, 1.82) is 0 Å². The van der Waals surface area contributed by atoms with Crippen LogP contribution >= 0.6 is 11.6 Å². The van der Waals surface area contributed by atoms with Gasteiger partial charge in [0.05, 0.1) is 0 Å². The maximum Gasteiger partial charge on any atom is 0.255 e. The summed E-state index contributed by atoms with van der Waals surface area (Å²) >= 11 is 5.81. The Hall–Kier alpha value is -1.35. The molecule has 1 amide bonds. The van der Waals surface area contributed by atoms with Gasteiger partial charge in [0, 0.05) is 17.6 Å². The minimum absolute atomic E-state index is 0.00602. The number of carbonyl (C=O) groups is 1. The highest BCUT2D eigenvalue weighted by molar-refractivity contribution is 7.89. The van der Waals surface area contributed by atoms with E-state index in [1.54, 1.807) is 6.92 Å². The molecule has 0 aliphatic rings. The topological polar surface area (TPSA) is 125 Å². The number of sulfonamides is 1. The molecule has 0 saturated heterocycles. The number of nitrogens with two attached hydrogens (primary N) is 2. The smallest absolute Gasteiger partial charge is 0.255 e. The number of rotatable bonds is 8. The number of nitrogens with one attached hydrogen (secondary N) is 1. The van der Waals surface area contributed by atoms with Gasteiger partial charge in [0.15, 0.2) is 6.61 Å². The van der Waals surface area contributed by atoms with Gasteiger partial charge in [-0.2, -0.15) is 0 Å². The average Bonchev–Trinajstić information content (AvgIpc) is 2.36. The molecule has 0 fully saturated rings. The number of primary amides is 1. The largest absolute Gasteiger partial charge is 0.482 e. The lowest BCUT2D eigenvalue weighted by molar-refractivity contribution is -0.120. The van der Waals surface area contributed by atoms with Gasteiger partial charge < -0.3 is 16.2 Å². The molecule has 0 spiro atoms. The van der Waals surface area contributed by atoms with Gasteiger partial charge in [-0.3, -0.25) is 4.79 Å².